The number of sulfonamides is 1. The van der Waals surface area contributed by atoms with E-state index in [4.69, 9.17) is 16.7 Å². The molecular weight excluding hydrogens is 317 g/mol. The van der Waals surface area contributed by atoms with Crippen LogP contribution in [-0.4, -0.2) is 26.2 Å². The van der Waals surface area contributed by atoms with E-state index in [2.05, 4.69) is 4.72 Å². The maximum absolute atomic E-state index is 13.4. The molecule has 1 aromatic carbocycles. The smallest absolute Gasteiger partial charge is 0.242 e. The second-order valence-corrected chi connectivity index (χ2v) is 7.64. The zero-order chi connectivity index (χ0) is 15.6. The van der Waals surface area contributed by atoms with Gasteiger partial charge < -0.3 is 5.11 Å². The van der Waals surface area contributed by atoms with Crippen molar-refractivity contribution in [1.29, 1.82) is 0 Å². The van der Waals surface area contributed by atoms with Gasteiger partial charge >= 0.3 is 0 Å². The zero-order valence-corrected chi connectivity index (χ0v) is 13.3. The Morgan fingerprint density at radius 3 is 2.52 bits per heavy atom. The second kappa shape index (κ2) is 6.60. The van der Waals surface area contributed by atoms with Gasteiger partial charge in [-0.25, -0.2) is 17.5 Å². The highest BCUT2D eigenvalue weighted by Gasteiger charge is 2.27. The topological polar surface area (TPSA) is 66.4 Å². The molecule has 0 radical (unpaired) electrons. The average Bonchev–Trinajstić information content (AvgIpc) is 2.43. The van der Waals surface area contributed by atoms with Gasteiger partial charge in [-0.1, -0.05) is 11.6 Å². The van der Waals surface area contributed by atoms with Gasteiger partial charge in [-0.05, 0) is 56.2 Å². The summed E-state index contributed by atoms with van der Waals surface area (Å²) in [7, 11) is -3.77. The van der Waals surface area contributed by atoms with Gasteiger partial charge in [0, 0.05) is 12.6 Å². The third-order valence-corrected chi connectivity index (χ3v) is 5.91. The fourth-order valence-electron chi connectivity index (χ4n) is 2.58. The molecule has 0 amide bonds. The molecule has 1 saturated carbocycles. The summed E-state index contributed by atoms with van der Waals surface area (Å²) in [4.78, 5) is -0.0904. The molecule has 2 N–H and O–H groups in total. The Bertz CT molecular complexity index is 613. The maximum Gasteiger partial charge on any atom is 0.242 e. The van der Waals surface area contributed by atoms with Gasteiger partial charge in [0.25, 0.3) is 0 Å². The van der Waals surface area contributed by atoms with E-state index in [1.165, 1.54) is 13.0 Å². The molecule has 1 aliphatic carbocycles. The van der Waals surface area contributed by atoms with Gasteiger partial charge in [-0.15, -0.1) is 0 Å². The van der Waals surface area contributed by atoms with E-state index in [-0.39, 0.29) is 34.0 Å². The molecule has 0 aliphatic heterocycles. The van der Waals surface area contributed by atoms with Gasteiger partial charge in [-0.2, -0.15) is 0 Å². The second-order valence-electron chi connectivity index (χ2n) is 5.55. The van der Waals surface area contributed by atoms with Gasteiger partial charge in [0.15, 0.2) is 0 Å². The van der Waals surface area contributed by atoms with Crippen molar-refractivity contribution in [2.24, 2.45) is 5.92 Å². The first-order chi connectivity index (χ1) is 9.83. The van der Waals surface area contributed by atoms with Crippen molar-refractivity contribution in [1.82, 2.24) is 4.72 Å². The monoisotopic (exact) mass is 335 g/mol. The third-order valence-electron chi connectivity index (χ3n) is 3.93. The lowest BCUT2D eigenvalue weighted by Gasteiger charge is -2.27. The number of aliphatic hydroxyl groups is 1. The van der Waals surface area contributed by atoms with Gasteiger partial charge in [0.1, 0.15) is 10.7 Å². The summed E-state index contributed by atoms with van der Waals surface area (Å²) in [6.07, 6.45) is 2.95. The third kappa shape index (κ3) is 3.94. The molecule has 0 aromatic heterocycles. The van der Waals surface area contributed by atoms with Crippen molar-refractivity contribution >= 4 is 21.6 Å². The Labute approximate surface area is 129 Å². The SMILES string of the molecule is Cc1cc(S(=O)(=O)NC2CCC(CO)CC2)c(Cl)cc1F. The lowest BCUT2D eigenvalue weighted by atomic mass is 9.87. The van der Waals surface area contributed by atoms with E-state index >= 15 is 0 Å². The minimum atomic E-state index is -3.77. The molecular formula is C14H19ClFNO3S. The predicted molar refractivity (Wildman–Crippen MR) is 79.3 cm³/mol. The van der Waals surface area contributed by atoms with E-state index in [1.807, 2.05) is 0 Å². The van der Waals surface area contributed by atoms with Crippen molar-refractivity contribution in [2.45, 2.75) is 43.5 Å². The Kier molecular flexibility index (Phi) is 5.24. The molecule has 1 aliphatic rings. The van der Waals surface area contributed by atoms with Crippen molar-refractivity contribution in [3.05, 3.63) is 28.5 Å². The van der Waals surface area contributed by atoms with Crippen molar-refractivity contribution < 1.29 is 17.9 Å². The first-order valence-corrected chi connectivity index (χ1v) is 8.78. The Hall–Kier alpha value is -0.690. The van der Waals surface area contributed by atoms with E-state index in [0.717, 1.165) is 18.9 Å². The van der Waals surface area contributed by atoms with Crippen LogP contribution in [0.15, 0.2) is 17.0 Å². The molecule has 0 saturated heterocycles. The highest BCUT2D eigenvalue weighted by Crippen LogP contribution is 2.28. The molecule has 0 unspecified atom stereocenters. The van der Waals surface area contributed by atoms with Crippen LogP contribution in [0.4, 0.5) is 4.39 Å². The van der Waals surface area contributed by atoms with E-state index in [1.54, 1.807) is 0 Å². The zero-order valence-electron chi connectivity index (χ0n) is 11.8. The first-order valence-electron chi connectivity index (χ1n) is 6.92. The van der Waals surface area contributed by atoms with Crippen LogP contribution in [-0.2, 0) is 10.0 Å². The number of aliphatic hydroxyl groups excluding tert-OH is 1. The van der Waals surface area contributed by atoms with Crippen molar-refractivity contribution in [3.8, 4) is 0 Å². The largest absolute Gasteiger partial charge is 0.396 e. The molecule has 1 aromatic rings. The fourth-order valence-corrected chi connectivity index (χ4v) is 4.49. The minimum Gasteiger partial charge on any atom is -0.396 e. The van der Waals surface area contributed by atoms with Crippen LogP contribution in [0.3, 0.4) is 0 Å². The van der Waals surface area contributed by atoms with Crippen molar-refractivity contribution in [3.63, 3.8) is 0 Å². The lowest BCUT2D eigenvalue weighted by molar-refractivity contribution is 0.180. The van der Waals surface area contributed by atoms with Crippen LogP contribution in [0.5, 0.6) is 0 Å². The van der Waals surface area contributed by atoms with Gasteiger partial charge in [0.2, 0.25) is 10.0 Å². The summed E-state index contributed by atoms with van der Waals surface area (Å²) in [5.41, 5.74) is 0.240. The molecule has 4 nitrogen and oxygen atoms in total. The molecule has 118 valence electrons. The number of benzene rings is 1. The molecule has 2 rings (SSSR count). The molecule has 0 bridgehead atoms. The van der Waals surface area contributed by atoms with E-state index < -0.39 is 15.8 Å². The minimum absolute atomic E-state index is 0.0904. The van der Waals surface area contributed by atoms with Crippen LogP contribution in [0.2, 0.25) is 5.02 Å². The summed E-state index contributed by atoms with van der Waals surface area (Å²) in [5, 5.41) is 8.97. The predicted octanol–water partition coefficient (Wildman–Crippen LogP) is 2.62. The Morgan fingerprint density at radius 2 is 1.95 bits per heavy atom. The summed E-state index contributed by atoms with van der Waals surface area (Å²) in [6.45, 7) is 1.64. The maximum atomic E-state index is 13.4. The molecule has 7 heteroatoms. The van der Waals surface area contributed by atoms with Gasteiger partial charge in [0.05, 0.1) is 5.02 Å². The number of hydrogen-bond donors (Lipinski definition) is 2. The van der Waals surface area contributed by atoms with Crippen LogP contribution < -0.4 is 4.72 Å². The molecule has 1 fully saturated rings. The number of rotatable bonds is 4. The number of nitrogens with one attached hydrogen (secondary N) is 1. The summed E-state index contributed by atoms with van der Waals surface area (Å²) in [5.74, 6) is -0.273. The lowest BCUT2D eigenvalue weighted by Crippen LogP contribution is -2.38. The van der Waals surface area contributed by atoms with Gasteiger partial charge in [-0.3, -0.25) is 0 Å². The first kappa shape index (κ1) is 16.7. The van der Waals surface area contributed by atoms with Crippen LogP contribution >= 0.6 is 11.6 Å². The number of halogens is 2. The molecule has 0 atom stereocenters. The normalized spacial score (nSPS) is 23.2. The fraction of sp³-hybridized carbons (Fsp3) is 0.571. The van der Waals surface area contributed by atoms with Crippen LogP contribution in [0.1, 0.15) is 31.2 Å². The Morgan fingerprint density at radius 1 is 1.33 bits per heavy atom. The molecule has 0 spiro atoms. The highest BCUT2D eigenvalue weighted by atomic mass is 35.5. The van der Waals surface area contributed by atoms with Crippen molar-refractivity contribution in [2.75, 3.05) is 6.61 Å². The van der Waals surface area contributed by atoms with E-state index in [9.17, 15) is 12.8 Å². The summed E-state index contributed by atoms with van der Waals surface area (Å²) in [6, 6.07) is 2.10. The van der Waals surface area contributed by atoms with E-state index in [0.29, 0.717) is 12.8 Å². The highest BCUT2D eigenvalue weighted by molar-refractivity contribution is 7.89. The number of hydrogen-bond acceptors (Lipinski definition) is 3. The number of aryl methyl sites for hydroxylation is 1. The van der Waals surface area contributed by atoms with Crippen LogP contribution in [0.25, 0.3) is 0 Å². The molecule has 21 heavy (non-hydrogen) atoms. The Balaban J connectivity index is 2.14. The average molecular weight is 336 g/mol. The molecule has 0 heterocycles. The standard InChI is InChI=1S/C14H19ClFNO3S/c1-9-6-14(12(15)7-13(9)16)21(19,20)17-11-4-2-10(8-18)3-5-11/h6-7,10-11,17-18H,2-5,8H2,1H3. The van der Waals surface area contributed by atoms with Crippen LogP contribution in [0, 0.1) is 18.7 Å². The summed E-state index contributed by atoms with van der Waals surface area (Å²) < 4.78 is 40.7. The quantitative estimate of drug-likeness (QED) is 0.889. The summed E-state index contributed by atoms with van der Waals surface area (Å²) >= 11 is 5.86.